The van der Waals surface area contributed by atoms with Crippen molar-refractivity contribution in [2.75, 3.05) is 26.3 Å². The third kappa shape index (κ3) is 5.25. The van der Waals surface area contributed by atoms with E-state index in [2.05, 4.69) is 6.58 Å². The van der Waals surface area contributed by atoms with Gasteiger partial charge in [-0.15, -0.1) is 0 Å². The molecular weight excluding hydrogens is 265 g/mol. The van der Waals surface area contributed by atoms with Crippen molar-refractivity contribution in [2.45, 2.75) is 24.5 Å². The smallest absolute Gasteiger partial charge is 0.256 e. The van der Waals surface area contributed by atoms with Crippen LogP contribution in [0.5, 0.6) is 0 Å². The van der Waals surface area contributed by atoms with Crippen LogP contribution in [0.25, 0.3) is 0 Å². The summed E-state index contributed by atoms with van der Waals surface area (Å²) in [4.78, 5) is 12.2. The summed E-state index contributed by atoms with van der Waals surface area (Å²) in [6.07, 6.45) is 0.470. The summed E-state index contributed by atoms with van der Waals surface area (Å²) >= 11 is 11.2. The Morgan fingerprint density at radius 1 is 1.47 bits per heavy atom. The number of hydrogen-bond acceptors (Lipinski definition) is 3. The number of carbonyl (C=O) groups excluding carboxylic acids is 1. The molecule has 17 heavy (non-hydrogen) atoms. The summed E-state index contributed by atoms with van der Waals surface area (Å²) in [5.74, 6) is -0.353. The molecule has 1 aliphatic heterocycles. The Kier molecular flexibility index (Phi) is 6.27. The second kappa shape index (κ2) is 7.21. The lowest BCUT2D eigenvalue weighted by atomic mass is 10.3. The van der Waals surface area contributed by atoms with Gasteiger partial charge in [0.15, 0.2) is 11.1 Å². The van der Waals surface area contributed by atoms with E-state index in [0.717, 1.165) is 12.0 Å². The topological polar surface area (TPSA) is 38.8 Å². The molecule has 4 nitrogen and oxygen atoms in total. The molecule has 1 saturated heterocycles. The molecule has 1 heterocycles. The molecule has 0 aliphatic carbocycles. The third-order valence-corrected chi connectivity index (χ3v) is 2.60. The highest BCUT2D eigenvalue weighted by Crippen LogP contribution is 2.12. The Morgan fingerprint density at radius 3 is 2.53 bits per heavy atom. The molecule has 1 amide bonds. The zero-order valence-corrected chi connectivity index (χ0v) is 11.3. The molecule has 1 aliphatic rings. The fourth-order valence-corrected chi connectivity index (χ4v) is 1.79. The van der Waals surface area contributed by atoms with Crippen LogP contribution in [0.4, 0.5) is 0 Å². The van der Waals surface area contributed by atoms with Gasteiger partial charge in [0.1, 0.15) is 0 Å². The second-order valence-electron chi connectivity index (χ2n) is 4.00. The number of ether oxygens (including phenoxy) is 2. The molecule has 0 radical (unpaired) electrons. The predicted molar refractivity (Wildman–Crippen MR) is 67.2 cm³/mol. The van der Waals surface area contributed by atoms with Crippen molar-refractivity contribution in [3.63, 3.8) is 0 Å². The lowest BCUT2D eigenvalue weighted by Crippen LogP contribution is -2.44. The Morgan fingerprint density at radius 2 is 2.06 bits per heavy atom. The fraction of sp³-hybridized carbons (Fsp3) is 0.727. The highest BCUT2D eigenvalue weighted by atomic mass is 35.5. The van der Waals surface area contributed by atoms with Gasteiger partial charge in [0.2, 0.25) is 0 Å². The van der Waals surface area contributed by atoms with E-state index < -0.39 is 11.1 Å². The van der Waals surface area contributed by atoms with Gasteiger partial charge < -0.3 is 14.4 Å². The summed E-state index contributed by atoms with van der Waals surface area (Å²) in [5, 5.41) is 0. The van der Waals surface area contributed by atoms with Gasteiger partial charge in [0.25, 0.3) is 5.91 Å². The number of alkyl halides is 2. The minimum Gasteiger partial charge on any atom is -0.351 e. The van der Waals surface area contributed by atoms with Crippen LogP contribution < -0.4 is 0 Å². The molecule has 0 saturated carbocycles. The van der Waals surface area contributed by atoms with E-state index in [9.17, 15) is 4.79 Å². The molecule has 0 aromatic heterocycles. The number of rotatable bonds is 5. The predicted octanol–water partition coefficient (Wildman–Crippen LogP) is 1.96. The van der Waals surface area contributed by atoms with Crippen molar-refractivity contribution in [2.24, 2.45) is 0 Å². The minimum atomic E-state index is -1.07. The summed E-state index contributed by atoms with van der Waals surface area (Å²) in [5.41, 5.74) is 0.850. The van der Waals surface area contributed by atoms with Crippen LogP contribution in [0.2, 0.25) is 0 Å². The first-order valence-electron chi connectivity index (χ1n) is 5.45. The van der Waals surface area contributed by atoms with Crippen LogP contribution in [0, 0.1) is 0 Å². The Bertz CT molecular complexity index is 278. The molecule has 0 spiro atoms. The largest absolute Gasteiger partial charge is 0.351 e. The first-order chi connectivity index (χ1) is 8.00. The quantitative estimate of drug-likeness (QED) is 0.571. The standard InChI is InChI=1S/C11H17Cl2NO3/c1-8(2)6-14(11(15)10(12)13)7-9-16-4-3-5-17-9/h9-10H,1,3-7H2,2H3. The van der Waals surface area contributed by atoms with Crippen molar-refractivity contribution >= 4 is 29.1 Å². The van der Waals surface area contributed by atoms with Gasteiger partial charge in [-0.25, -0.2) is 0 Å². The van der Waals surface area contributed by atoms with Crippen molar-refractivity contribution < 1.29 is 14.3 Å². The van der Waals surface area contributed by atoms with Crippen molar-refractivity contribution in [1.29, 1.82) is 0 Å². The molecule has 1 rings (SSSR count). The summed E-state index contributed by atoms with van der Waals surface area (Å²) in [7, 11) is 0. The molecule has 0 atom stereocenters. The molecule has 98 valence electrons. The first kappa shape index (κ1) is 14.8. The van der Waals surface area contributed by atoms with Crippen LogP contribution in [0.3, 0.4) is 0 Å². The fourth-order valence-electron chi connectivity index (χ4n) is 1.52. The zero-order chi connectivity index (χ0) is 12.8. The van der Waals surface area contributed by atoms with Crippen LogP contribution >= 0.6 is 23.2 Å². The summed E-state index contributed by atoms with van der Waals surface area (Å²) in [6.45, 7) is 7.61. The highest BCUT2D eigenvalue weighted by Gasteiger charge is 2.25. The second-order valence-corrected chi connectivity index (χ2v) is 5.10. The molecule has 0 unspecified atom stereocenters. The molecular formula is C11H17Cl2NO3. The Balaban J connectivity index is 2.55. The van der Waals surface area contributed by atoms with Gasteiger partial charge in [0.05, 0.1) is 19.8 Å². The molecule has 0 aromatic rings. The highest BCUT2D eigenvalue weighted by molar-refractivity contribution is 6.53. The van der Waals surface area contributed by atoms with Crippen LogP contribution in [-0.4, -0.2) is 48.2 Å². The van der Waals surface area contributed by atoms with E-state index in [1.807, 2.05) is 6.92 Å². The van der Waals surface area contributed by atoms with Crippen molar-refractivity contribution in [3.8, 4) is 0 Å². The van der Waals surface area contributed by atoms with Crippen molar-refractivity contribution in [1.82, 2.24) is 4.90 Å². The van der Waals surface area contributed by atoms with Crippen molar-refractivity contribution in [3.05, 3.63) is 12.2 Å². The van der Waals surface area contributed by atoms with Gasteiger partial charge in [-0.05, 0) is 13.3 Å². The van der Waals surface area contributed by atoms with Crippen LogP contribution in [0.15, 0.2) is 12.2 Å². The normalized spacial score (nSPS) is 17.2. The van der Waals surface area contributed by atoms with E-state index in [1.54, 1.807) is 0 Å². The van der Waals surface area contributed by atoms with Gasteiger partial charge in [-0.1, -0.05) is 35.4 Å². The molecule has 0 N–H and O–H groups in total. The van der Waals surface area contributed by atoms with E-state index in [4.69, 9.17) is 32.7 Å². The maximum atomic E-state index is 11.8. The number of carbonyl (C=O) groups is 1. The maximum absolute atomic E-state index is 11.8. The van der Waals surface area contributed by atoms with Gasteiger partial charge in [0, 0.05) is 6.54 Å². The summed E-state index contributed by atoms with van der Waals surface area (Å²) in [6, 6.07) is 0. The zero-order valence-electron chi connectivity index (χ0n) is 9.83. The third-order valence-electron chi connectivity index (χ3n) is 2.22. The number of nitrogens with zero attached hydrogens (tertiary/aromatic N) is 1. The average Bonchev–Trinajstić information content (AvgIpc) is 2.28. The SMILES string of the molecule is C=C(C)CN(CC1OCCCO1)C(=O)C(Cl)Cl. The lowest BCUT2D eigenvalue weighted by Gasteiger charge is -2.30. The molecule has 0 aromatic carbocycles. The number of amides is 1. The van der Waals surface area contributed by atoms with Crippen LogP contribution in [-0.2, 0) is 14.3 Å². The lowest BCUT2D eigenvalue weighted by molar-refractivity contribution is -0.188. The Labute approximate surface area is 111 Å². The van der Waals surface area contributed by atoms with Gasteiger partial charge in [-0.2, -0.15) is 0 Å². The average molecular weight is 282 g/mol. The first-order valence-corrected chi connectivity index (χ1v) is 6.32. The molecule has 0 bridgehead atoms. The molecule has 1 fully saturated rings. The monoisotopic (exact) mass is 281 g/mol. The van der Waals surface area contributed by atoms with Gasteiger partial charge in [-0.3, -0.25) is 4.79 Å². The number of halogens is 2. The van der Waals surface area contributed by atoms with E-state index in [0.29, 0.717) is 26.3 Å². The maximum Gasteiger partial charge on any atom is 0.256 e. The minimum absolute atomic E-state index is 0.321. The van der Waals surface area contributed by atoms with E-state index in [-0.39, 0.29) is 5.91 Å². The van der Waals surface area contributed by atoms with E-state index >= 15 is 0 Å². The Hall–Kier alpha value is -0.290. The van der Waals surface area contributed by atoms with Crippen LogP contribution in [0.1, 0.15) is 13.3 Å². The molecule has 6 heteroatoms. The number of hydrogen-bond donors (Lipinski definition) is 0. The van der Waals surface area contributed by atoms with Gasteiger partial charge >= 0.3 is 0 Å². The van der Waals surface area contributed by atoms with E-state index in [1.165, 1.54) is 4.90 Å². The summed E-state index contributed by atoms with van der Waals surface area (Å²) < 4.78 is 10.8.